The summed E-state index contributed by atoms with van der Waals surface area (Å²) in [7, 11) is 0. The normalized spacial score (nSPS) is 11.8. The number of hydrogen-bond acceptors (Lipinski definition) is 5. The van der Waals surface area contributed by atoms with Crippen molar-refractivity contribution < 1.29 is 8.83 Å². The average Bonchev–Trinajstić information content (AvgIpc) is 4.04. The number of furan rings is 2. The molecule has 0 spiro atoms. The highest BCUT2D eigenvalue weighted by Crippen LogP contribution is 2.43. The molecular formula is C57H34N4O2. The van der Waals surface area contributed by atoms with E-state index in [4.69, 9.17) is 23.8 Å². The fraction of sp³-hybridized carbons (Fsp3) is 0. The SMILES string of the molecule is c1ccc(-c2ccc(-c3nc(-c4ccc5c(c4)oc4cccc(-c6ccccc6-n6c7ccccc7c7ccccc76)c45)nc(-c4cccc5oc6ccccc6c45)n3)cc2)cc1. The van der Waals surface area contributed by atoms with Crippen molar-refractivity contribution in [3.8, 4) is 62.1 Å². The van der Waals surface area contributed by atoms with E-state index in [1.807, 2.05) is 36.4 Å². The Morgan fingerprint density at radius 1 is 0.302 bits per heavy atom. The van der Waals surface area contributed by atoms with Crippen molar-refractivity contribution in [3.63, 3.8) is 0 Å². The van der Waals surface area contributed by atoms with Crippen molar-refractivity contribution in [2.24, 2.45) is 0 Å². The van der Waals surface area contributed by atoms with Gasteiger partial charge in [-0.15, -0.1) is 0 Å². The summed E-state index contributed by atoms with van der Waals surface area (Å²) >= 11 is 0. The summed E-state index contributed by atoms with van der Waals surface area (Å²) < 4.78 is 15.4. The molecule has 0 unspecified atom stereocenters. The fourth-order valence-electron chi connectivity index (χ4n) is 9.43. The molecule has 6 nitrogen and oxygen atoms in total. The average molecular weight is 807 g/mol. The van der Waals surface area contributed by atoms with Gasteiger partial charge in [0, 0.05) is 54.6 Å². The first-order valence-electron chi connectivity index (χ1n) is 21.1. The summed E-state index contributed by atoms with van der Waals surface area (Å²) in [4.78, 5) is 15.5. The number of nitrogens with zero attached hydrogens (tertiary/aromatic N) is 4. The van der Waals surface area contributed by atoms with Gasteiger partial charge in [-0.25, -0.2) is 15.0 Å². The summed E-state index contributed by atoms with van der Waals surface area (Å²) in [6, 6.07) is 71.5. The molecule has 0 fully saturated rings. The third-order valence-electron chi connectivity index (χ3n) is 12.3. The van der Waals surface area contributed by atoms with Crippen molar-refractivity contribution in [1.29, 1.82) is 0 Å². The molecule has 0 aliphatic heterocycles. The van der Waals surface area contributed by atoms with Gasteiger partial charge in [-0.1, -0.05) is 158 Å². The number of benzene rings is 9. The maximum Gasteiger partial charge on any atom is 0.164 e. The summed E-state index contributed by atoms with van der Waals surface area (Å²) in [5.74, 6) is 1.69. The molecule has 0 atom stereocenters. The molecule has 294 valence electrons. The largest absolute Gasteiger partial charge is 0.456 e. The van der Waals surface area contributed by atoms with E-state index in [-0.39, 0.29) is 0 Å². The smallest absolute Gasteiger partial charge is 0.164 e. The molecule has 13 aromatic rings. The third kappa shape index (κ3) is 5.62. The molecule has 0 aliphatic carbocycles. The van der Waals surface area contributed by atoms with Crippen LogP contribution in [0.25, 0.3) is 128 Å². The lowest BCUT2D eigenvalue weighted by atomic mass is 9.97. The van der Waals surface area contributed by atoms with Crippen LogP contribution in [-0.4, -0.2) is 19.5 Å². The zero-order valence-corrected chi connectivity index (χ0v) is 33.7. The summed E-state index contributed by atoms with van der Waals surface area (Å²) in [5.41, 5.74) is 13.7. The molecule has 4 heterocycles. The maximum absolute atomic E-state index is 6.74. The van der Waals surface area contributed by atoms with E-state index in [1.54, 1.807) is 0 Å². The second kappa shape index (κ2) is 14.0. The monoisotopic (exact) mass is 806 g/mol. The van der Waals surface area contributed by atoms with E-state index in [9.17, 15) is 0 Å². The molecule has 0 amide bonds. The van der Waals surface area contributed by atoms with E-state index in [1.165, 1.54) is 21.8 Å². The Morgan fingerprint density at radius 3 is 1.56 bits per heavy atom. The molecule has 6 heteroatoms. The van der Waals surface area contributed by atoms with Crippen molar-refractivity contribution in [1.82, 2.24) is 19.5 Å². The predicted octanol–water partition coefficient (Wildman–Crippen LogP) is 15.1. The van der Waals surface area contributed by atoms with E-state index in [2.05, 4.69) is 174 Å². The molecule has 0 bridgehead atoms. The number of rotatable bonds is 6. The van der Waals surface area contributed by atoms with Crippen molar-refractivity contribution in [3.05, 3.63) is 206 Å². The second-order valence-corrected chi connectivity index (χ2v) is 15.9. The maximum atomic E-state index is 6.74. The molecule has 13 rings (SSSR count). The van der Waals surface area contributed by atoms with Gasteiger partial charge in [0.05, 0.1) is 16.7 Å². The second-order valence-electron chi connectivity index (χ2n) is 15.9. The van der Waals surface area contributed by atoms with Crippen LogP contribution in [0.2, 0.25) is 0 Å². The van der Waals surface area contributed by atoms with Crippen LogP contribution in [0.3, 0.4) is 0 Å². The molecule has 63 heavy (non-hydrogen) atoms. The first kappa shape index (κ1) is 35.2. The standard InChI is InChI=1S/C57H34N4O2/c1-2-14-35(15-3-1)36-28-30-37(31-29-36)55-58-56(60-57(59-55)45-21-13-27-51-54(45)43-19-7-11-25-49(43)62-51)38-32-33-44-52(34-38)63-50-26-12-20-42(53(44)50)41-18-6-10-24-48(41)61-46-22-8-4-16-39(46)40-17-5-9-23-47(40)61/h1-34H. The van der Waals surface area contributed by atoms with Gasteiger partial charge in [-0.05, 0) is 65.2 Å². The topological polar surface area (TPSA) is 69.9 Å². The van der Waals surface area contributed by atoms with Gasteiger partial charge in [0.1, 0.15) is 22.3 Å². The lowest BCUT2D eigenvalue weighted by Crippen LogP contribution is -2.00. The van der Waals surface area contributed by atoms with Crippen LogP contribution in [0.1, 0.15) is 0 Å². The first-order chi connectivity index (χ1) is 31.2. The van der Waals surface area contributed by atoms with Crippen molar-refractivity contribution in [2.45, 2.75) is 0 Å². The Kier molecular flexibility index (Phi) is 7.80. The number of hydrogen-bond donors (Lipinski definition) is 0. The quantitative estimate of drug-likeness (QED) is 0.167. The Labute approximate surface area is 361 Å². The zero-order chi connectivity index (χ0) is 41.4. The minimum absolute atomic E-state index is 0.547. The highest BCUT2D eigenvalue weighted by Gasteiger charge is 2.21. The third-order valence-corrected chi connectivity index (χ3v) is 12.3. The fourth-order valence-corrected chi connectivity index (χ4v) is 9.43. The highest BCUT2D eigenvalue weighted by molar-refractivity contribution is 6.15. The van der Waals surface area contributed by atoms with Crippen molar-refractivity contribution in [2.75, 3.05) is 0 Å². The number of para-hydroxylation sites is 4. The molecule has 0 saturated heterocycles. The van der Waals surface area contributed by atoms with Gasteiger partial charge < -0.3 is 13.4 Å². The van der Waals surface area contributed by atoms with Crippen LogP contribution >= 0.6 is 0 Å². The molecular weight excluding hydrogens is 773 g/mol. The summed E-state index contributed by atoms with van der Waals surface area (Å²) in [6.07, 6.45) is 0. The molecule has 0 saturated carbocycles. The van der Waals surface area contributed by atoms with Gasteiger partial charge in [-0.3, -0.25) is 0 Å². The highest BCUT2D eigenvalue weighted by atomic mass is 16.3. The van der Waals surface area contributed by atoms with E-state index < -0.39 is 0 Å². The van der Waals surface area contributed by atoms with E-state index >= 15 is 0 Å². The van der Waals surface area contributed by atoms with Crippen LogP contribution in [-0.2, 0) is 0 Å². The number of aromatic nitrogens is 4. The Balaban J connectivity index is 0.982. The summed E-state index contributed by atoms with van der Waals surface area (Å²) in [6.45, 7) is 0. The minimum atomic E-state index is 0.547. The van der Waals surface area contributed by atoms with Gasteiger partial charge in [0.25, 0.3) is 0 Å². The molecule has 4 aromatic heterocycles. The molecule has 0 radical (unpaired) electrons. The van der Waals surface area contributed by atoms with Gasteiger partial charge in [0.2, 0.25) is 0 Å². The van der Waals surface area contributed by atoms with Crippen molar-refractivity contribution >= 4 is 65.7 Å². The molecule has 0 N–H and O–H groups in total. The summed E-state index contributed by atoms with van der Waals surface area (Å²) in [5, 5.41) is 6.51. The Hall–Kier alpha value is -8.61. The Bertz CT molecular complexity index is 3860. The molecule has 0 aliphatic rings. The van der Waals surface area contributed by atoms with Crippen LogP contribution in [0.15, 0.2) is 215 Å². The number of fused-ring (bicyclic) bond motifs is 9. The van der Waals surface area contributed by atoms with Crippen LogP contribution in [0.5, 0.6) is 0 Å². The lowest BCUT2D eigenvalue weighted by Gasteiger charge is -2.14. The van der Waals surface area contributed by atoms with Gasteiger partial charge in [0.15, 0.2) is 17.5 Å². The van der Waals surface area contributed by atoms with E-state index in [0.29, 0.717) is 17.5 Å². The van der Waals surface area contributed by atoms with Crippen LogP contribution < -0.4 is 0 Å². The van der Waals surface area contributed by atoms with Gasteiger partial charge in [-0.2, -0.15) is 0 Å². The first-order valence-corrected chi connectivity index (χ1v) is 21.1. The van der Waals surface area contributed by atoms with Crippen LogP contribution in [0.4, 0.5) is 0 Å². The Morgan fingerprint density at radius 2 is 0.794 bits per heavy atom. The van der Waals surface area contributed by atoms with Crippen LogP contribution in [0, 0.1) is 0 Å². The molecule has 9 aromatic carbocycles. The minimum Gasteiger partial charge on any atom is -0.456 e. The van der Waals surface area contributed by atoms with E-state index in [0.717, 1.165) is 88.5 Å². The lowest BCUT2D eigenvalue weighted by molar-refractivity contribution is 0.668. The van der Waals surface area contributed by atoms with Gasteiger partial charge >= 0.3 is 0 Å². The zero-order valence-electron chi connectivity index (χ0n) is 33.7. The predicted molar refractivity (Wildman–Crippen MR) is 256 cm³/mol.